The first-order valence-electron chi connectivity index (χ1n) is 2.92. The molecule has 1 rings (SSSR count). The summed E-state index contributed by atoms with van der Waals surface area (Å²) in [5.41, 5.74) is 3.94. The number of halogens is 1. The number of nitrogen functional groups attached to an aromatic ring is 1. The molecule has 56 valence electrons. The molecule has 3 nitrogen and oxygen atoms in total. The number of nitrogens with two attached hydrogens (primary N) is 1. The van der Waals surface area contributed by atoms with E-state index >= 15 is 0 Å². The predicted octanol–water partition coefficient (Wildman–Crippen LogP) is 1.46. The summed E-state index contributed by atoms with van der Waals surface area (Å²) in [5, 5.41) is 3.41. The van der Waals surface area contributed by atoms with Crippen LogP contribution < -0.4 is 5.73 Å². The molecular weight excluding hydrogens is 135 g/mol. The van der Waals surface area contributed by atoms with E-state index < -0.39 is 5.67 Å². The first-order valence-corrected chi connectivity index (χ1v) is 2.92. The molecule has 0 bridgehead atoms. The Kier molecular flexibility index (Phi) is 1.39. The number of anilines is 1. The minimum Gasteiger partial charge on any atom is -0.368 e. The zero-order chi connectivity index (χ0) is 7.78. The SMILES string of the molecule is CC(C)(F)c1cc(N)on1. The molecule has 2 N–H and O–H groups in total. The molecule has 0 aliphatic heterocycles. The molecule has 1 heterocycles. The Labute approximate surface area is 58.0 Å². The van der Waals surface area contributed by atoms with E-state index in [4.69, 9.17) is 5.73 Å². The molecule has 0 aliphatic carbocycles. The van der Waals surface area contributed by atoms with Crippen molar-refractivity contribution in [3.63, 3.8) is 0 Å². The van der Waals surface area contributed by atoms with Crippen LogP contribution in [0.25, 0.3) is 0 Å². The van der Waals surface area contributed by atoms with Gasteiger partial charge in [-0.2, -0.15) is 0 Å². The van der Waals surface area contributed by atoms with Crippen molar-refractivity contribution in [3.8, 4) is 0 Å². The average molecular weight is 144 g/mol. The van der Waals surface area contributed by atoms with Crippen LogP contribution in [0.3, 0.4) is 0 Å². The summed E-state index contributed by atoms with van der Waals surface area (Å²) in [6.07, 6.45) is 0. The Morgan fingerprint density at radius 1 is 1.70 bits per heavy atom. The van der Waals surface area contributed by atoms with Crippen LogP contribution in [0.5, 0.6) is 0 Å². The number of rotatable bonds is 1. The van der Waals surface area contributed by atoms with E-state index in [0.717, 1.165) is 0 Å². The number of hydrogen-bond donors (Lipinski definition) is 1. The van der Waals surface area contributed by atoms with Crippen LogP contribution in [-0.4, -0.2) is 5.16 Å². The van der Waals surface area contributed by atoms with Crippen LogP contribution in [0, 0.1) is 0 Å². The Morgan fingerprint density at radius 2 is 2.30 bits per heavy atom. The minimum absolute atomic E-state index is 0.140. The van der Waals surface area contributed by atoms with Gasteiger partial charge in [0.2, 0.25) is 5.88 Å². The van der Waals surface area contributed by atoms with Gasteiger partial charge in [-0.25, -0.2) is 4.39 Å². The lowest BCUT2D eigenvalue weighted by Crippen LogP contribution is -2.08. The molecule has 0 aromatic carbocycles. The second-order valence-electron chi connectivity index (χ2n) is 2.59. The van der Waals surface area contributed by atoms with Gasteiger partial charge in [-0.1, -0.05) is 5.16 Å². The van der Waals surface area contributed by atoms with E-state index in [0.29, 0.717) is 0 Å². The average Bonchev–Trinajstić information content (AvgIpc) is 2.11. The van der Waals surface area contributed by atoms with Gasteiger partial charge >= 0.3 is 0 Å². The summed E-state index contributed by atoms with van der Waals surface area (Å²) in [7, 11) is 0. The summed E-state index contributed by atoms with van der Waals surface area (Å²) in [4.78, 5) is 0. The van der Waals surface area contributed by atoms with Gasteiger partial charge < -0.3 is 10.3 Å². The molecule has 0 saturated carbocycles. The highest BCUT2D eigenvalue weighted by Crippen LogP contribution is 2.24. The lowest BCUT2D eigenvalue weighted by molar-refractivity contribution is 0.205. The molecule has 0 fully saturated rings. The van der Waals surface area contributed by atoms with Gasteiger partial charge in [-0.3, -0.25) is 0 Å². The lowest BCUT2D eigenvalue weighted by Gasteiger charge is -2.07. The first-order chi connectivity index (χ1) is 4.50. The van der Waals surface area contributed by atoms with Crippen molar-refractivity contribution in [1.29, 1.82) is 0 Å². The summed E-state index contributed by atoms with van der Waals surface area (Å²) >= 11 is 0. The molecule has 0 amide bonds. The summed E-state index contributed by atoms with van der Waals surface area (Å²) in [6.45, 7) is 2.79. The smallest absolute Gasteiger partial charge is 0.222 e. The molecule has 10 heavy (non-hydrogen) atoms. The monoisotopic (exact) mass is 144 g/mol. The molecule has 0 spiro atoms. The van der Waals surface area contributed by atoms with Crippen molar-refractivity contribution >= 4 is 5.88 Å². The van der Waals surface area contributed by atoms with Gasteiger partial charge in [0.15, 0.2) is 5.67 Å². The van der Waals surface area contributed by atoms with Gasteiger partial charge in [0.1, 0.15) is 5.69 Å². The van der Waals surface area contributed by atoms with E-state index in [2.05, 4.69) is 9.68 Å². The van der Waals surface area contributed by atoms with Crippen LogP contribution in [0.1, 0.15) is 19.5 Å². The molecule has 0 atom stereocenters. The van der Waals surface area contributed by atoms with Gasteiger partial charge in [0, 0.05) is 6.07 Å². The van der Waals surface area contributed by atoms with E-state index in [1.807, 2.05) is 0 Å². The summed E-state index contributed by atoms with van der Waals surface area (Å²) in [5.74, 6) is 0.140. The summed E-state index contributed by atoms with van der Waals surface area (Å²) in [6, 6.07) is 1.38. The molecule has 0 unspecified atom stereocenters. The maximum absolute atomic E-state index is 13.0. The van der Waals surface area contributed by atoms with E-state index in [9.17, 15) is 4.39 Å². The van der Waals surface area contributed by atoms with Gasteiger partial charge in [0.05, 0.1) is 0 Å². The van der Waals surface area contributed by atoms with E-state index in [1.54, 1.807) is 0 Å². The van der Waals surface area contributed by atoms with Gasteiger partial charge in [0.25, 0.3) is 0 Å². The van der Waals surface area contributed by atoms with Crippen molar-refractivity contribution in [2.24, 2.45) is 0 Å². The molecule has 1 aromatic rings. The van der Waals surface area contributed by atoms with Crippen molar-refractivity contribution in [1.82, 2.24) is 5.16 Å². The van der Waals surface area contributed by atoms with Crippen molar-refractivity contribution in [2.45, 2.75) is 19.5 Å². The second kappa shape index (κ2) is 1.97. The third-order valence-electron chi connectivity index (χ3n) is 1.14. The largest absolute Gasteiger partial charge is 0.368 e. The highest BCUT2D eigenvalue weighted by molar-refractivity contribution is 5.26. The topological polar surface area (TPSA) is 52.0 Å². The molecule has 4 heteroatoms. The van der Waals surface area contributed by atoms with Crippen LogP contribution in [-0.2, 0) is 5.67 Å². The molecule has 0 radical (unpaired) electrons. The van der Waals surface area contributed by atoms with Crippen molar-refractivity contribution in [3.05, 3.63) is 11.8 Å². The number of hydrogen-bond acceptors (Lipinski definition) is 3. The van der Waals surface area contributed by atoms with Gasteiger partial charge in [-0.05, 0) is 13.8 Å². The molecular formula is C6H9FN2O. The maximum Gasteiger partial charge on any atom is 0.222 e. The fourth-order valence-corrected chi connectivity index (χ4v) is 0.569. The van der Waals surface area contributed by atoms with Crippen molar-refractivity contribution < 1.29 is 8.91 Å². The Morgan fingerprint density at radius 3 is 2.50 bits per heavy atom. The van der Waals surface area contributed by atoms with Crippen LogP contribution >= 0.6 is 0 Å². The lowest BCUT2D eigenvalue weighted by atomic mass is 10.1. The van der Waals surface area contributed by atoms with Crippen LogP contribution in [0.4, 0.5) is 10.3 Å². The normalized spacial score (nSPS) is 11.9. The van der Waals surface area contributed by atoms with E-state index in [1.165, 1.54) is 19.9 Å². The summed E-state index contributed by atoms with van der Waals surface area (Å²) < 4.78 is 17.4. The minimum atomic E-state index is -1.47. The molecule has 0 aliphatic rings. The zero-order valence-corrected chi connectivity index (χ0v) is 5.89. The highest BCUT2D eigenvalue weighted by Gasteiger charge is 2.22. The quantitative estimate of drug-likeness (QED) is 0.649. The van der Waals surface area contributed by atoms with Gasteiger partial charge in [-0.15, -0.1) is 0 Å². The zero-order valence-electron chi connectivity index (χ0n) is 5.89. The molecule has 0 saturated heterocycles. The highest BCUT2D eigenvalue weighted by atomic mass is 19.1. The van der Waals surface area contributed by atoms with Crippen LogP contribution in [0.2, 0.25) is 0 Å². The Bertz CT molecular complexity index is 226. The fraction of sp³-hybridized carbons (Fsp3) is 0.500. The maximum atomic E-state index is 13.0. The first kappa shape index (κ1) is 7.05. The molecule has 1 aromatic heterocycles. The third-order valence-corrected chi connectivity index (χ3v) is 1.14. The predicted molar refractivity (Wildman–Crippen MR) is 35.0 cm³/mol. The van der Waals surface area contributed by atoms with Crippen molar-refractivity contribution in [2.75, 3.05) is 5.73 Å². The standard InChI is InChI=1S/C6H9FN2O/c1-6(2,7)4-3-5(8)10-9-4/h3H,8H2,1-2H3. The van der Waals surface area contributed by atoms with Crippen LogP contribution in [0.15, 0.2) is 10.6 Å². The fourth-order valence-electron chi connectivity index (χ4n) is 0.569. The number of nitrogens with zero attached hydrogens (tertiary/aromatic N) is 1. The number of alkyl halides is 1. The second-order valence-corrected chi connectivity index (χ2v) is 2.59. The Hall–Kier alpha value is -1.06. The number of aromatic nitrogens is 1. The third kappa shape index (κ3) is 1.26. The van der Waals surface area contributed by atoms with E-state index in [-0.39, 0.29) is 11.6 Å². The Balaban J connectivity index is 2.96.